The quantitative estimate of drug-likeness (QED) is 0.631. The molecule has 0 aromatic heterocycles. The predicted octanol–water partition coefficient (Wildman–Crippen LogP) is 2.53. The van der Waals surface area contributed by atoms with Crippen molar-refractivity contribution in [1.82, 2.24) is 0 Å². The molecule has 1 atom stereocenters. The molecule has 0 aliphatic heterocycles. The number of rotatable bonds is 4. The molecule has 5 heteroatoms. The van der Waals surface area contributed by atoms with Crippen molar-refractivity contribution in [1.29, 1.82) is 0 Å². The lowest BCUT2D eigenvalue weighted by Gasteiger charge is -2.11. The van der Waals surface area contributed by atoms with Crippen molar-refractivity contribution >= 4 is 28.6 Å². The van der Waals surface area contributed by atoms with Crippen LogP contribution in [0.5, 0.6) is 5.75 Å². The van der Waals surface area contributed by atoms with E-state index in [9.17, 15) is 9.18 Å². The highest BCUT2D eigenvalue weighted by molar-refractivity contribution is 14.1. The molecule has 1 rings (SSSR count). The molecule has 0 heterocycles. The Hall–Kier alpha value is -0.850. The molecule has 1 aromatic rings. The molecule has 0 aliphatic rings. The van der Waals surface area contributed by atoms with E-state index in [-0.39, 0.29) is 6.61 Å². The summed E-state index contributed by atoms with van der Waals surface area (Å²) in [6.07, 6.45) is -2.07. The largest absolute Gasteiger partial charge is 0.461 e. The van der Waals surface area contributed by atoms with Crippen LogP contribution in [0, 0.1) is 3.57 Å². The molecule has 0 radical (unpaired) electrons. The number of ether oxygens (including phenoxy) is 2. The van der Waals surface area contributed by atoms with Gasteiger partial charge in [0.2, 0.25) is 0 Å². The number of hydrogen-bond donors (Lipinski definition) is 0. The first-order valence-electron chi connectivity index (χ1n) is 4.37. The van der Waals surface area contributed by atoms with Crippen LogP contribution >= 0.6 is 22.6 Å². The van der Waals surface area contributed by atoms with E-state index in [2.05, 4.69) is 4.74 Å². The monoisotopic (exact) mass is 324 g/mol. The summed E-state index contributed by atoms with van der Waals surface area (Å²) in [6.45, 7) is 1.74. The summed E-state index contributed by atoms with van der Waals surface area (Å²) in [7, 11) is 0. The molecule has 3 nitrogen and oxygen atoms in total. The third kappa shape index (κ3) is 3.65. The molecule has 0 spiro atoms. The predicted molar refractivity (Wildman–Crippen MR) is 61.3 cm³/mol. The van der Waals surface area contributed by atoms with Crippen LogP contribution in [0.15, 0.2) is 24.3 Å². The van der Waals surface area contributed by atoms with Gasteiger partial charge in [0.25, 0.3) is 0 Å². The lowest BCUT2D eigenvalue weighted by molar-refractivity contribution is -0.159. The summed E-state index contributed by atoms with van der Waals surface area (Å²) >= 11 is 1.99. The second-order valence-electron chi connectivity index (χ2n) is 2.62. The highest BCUT2D eigenvalue weighted by Gasteiger charge is 2.20. The van der Waals surface area contributed by atoms with Gasteiger partial charge >= 0.3 is 12.3 Å². The minimum atomic E-state index is -2.07. The molecule has 82 valence electrons. The topological polar surface area (TPSA) is 35.5 Å². The number of carbonyl (C=O) groups excluding carboxylic acids is 1. The Morgan fingerprint density at radius 3 is 2.80 bits per heavy atom. The van der Waals surface area contributed by atoms with Crippen LogP contribution < -0.4 is 4.74 Å². The number of carbonyl (C=O) groups is 1. The number of hydrogen-bond acceptors (Lipinski definition) is 3. The molecule has 0 bridgehead atoms. The minimum absolute atomic E-state index is 0.133. The maximum absolute atomic E-state index is 13.1. The molecule has 0 aliphatic carbocycles. The first-order chi connectivity index (χ1) is 7.15. The average molecular weight is 324 g/mol. The van der Waals surface area contributed by atoms with E-state index < -0.39 is 12.3 Å². The van der Waals surface area contributed by atoms with Crippen molar-refractivity contribution in [3.63, 3.8) is 0 Å². The maximum atomic E-state index is 13.1. The molecule has 0 N–H and O–H groups in total. The lowest BCUT2D eigenvalue weighted by Crippen LogP contribution is -2.25. The van der Waals surface area contributed by atoms with Gasteiger partial charge in [-0.25, -0.2) is 4.79 Å². The van der Waals surface area contributed by atoms with Crippen molar-refractivity contribution in [2.24, 2.45) is 0 Å². The van der Waals surface area contributed by atoms with Gasteiger partial charge in [-0.15, -0.1) is 0 Å². The molecule has 0 amide bonds. The zero-order valence-electron chi connectivity index (χ0n) is 8.07. The lowest BCUT2D eigenvalue weighted by atomic mass is 10.3. The zero-order chi connectivity index (χ0) is 11.3. The van der Waals surface area contributed by atoms with E-state index in [4.69, 9.17) is 4.74 Å². The molecule has 1 aromatic carbocycles. The fourth-order valence-corrected chi connectivity index (χ4v) is 1.42. The average Bonchev–Trinajstić information content (AvgIpc) is 2.21. The summed E-state index contributed by atoms with van der Waals surface area (Å²) in [5.41, 5.74) is 0. The highest BCUT2D eigenvalue weighted by Crippen LogP contribution is 2.21. The third-order valence-corrected chi connectivity index (χ3v) is 2.43. The Morgan fingerprint density at radius 2 is 2.20 bits per heavy atom. The zero-order valence-corrected chi connectivity index (χ0v) is 10.2. The smallest absolute Gasteiger partial charge is 0.381 e. The number of benzene rings is 1. The first kappa shape index (κ1) is 12.2. The third-order valence-electron chi connectivity index (χ3n) is 1.54. The maximum Gasteiger partial charge on any atom is 0.381 e. The number of halogens is 2. The van der Waals surface area contributed by atoms with Crippen LogP contribution in [-0.4, -0.2) is 18.9 Å². The Kier molecular flexibility index (Phi) is 4.80. The summed E-state index contributed by atoms with van der Waals surface area (Å²) < 4.78 is 23.2. The van der Waals surface area contributed by atoms with Gasteiger partial charge in [-0.3, -0.25) is 0 Å². The van der Waals surface area contributed by atoms with Crippen LogP contribution in [0.2, 0.25) is 0 Å². The fourth-order valence-electron chi connectivity index (χ4n) is 0.908. The van der Waals surface area contributed by atoms with Gasteiger partial charge in [0.05, 0.1) is 10.2 Å². The van der Waals surface area contributed by atoms with Crippen LogP contribution in [0.1, 0.15) is 6.92 Å². The van der Waals surface area contributed by atoms with E-state index in [1.165, 1.54) is 0 Å². The van der Waals surface area contributed by atoms with Crippen molar-refractivity contribution in [3.8, 4) is 5.75 Å². The van der Waals surface area contributed by atoms with Gasteiger partial charge in [0.1, 0.15) is 5.75 Å². The van der Waals surface area contributed by atoms with Gasteiger partial charge in [-0.05, 0) is 41.6 Å². The normalized spacial score (nSPS) is 11.9. The molecule has 0 saturated carbocycles. The van der Waals surface area contributed by atoms with Crippen molar-refractivity contribution < 1.29 is 18.7 Å². The van der Waals surface area contributed by atoms with Gasteiger partial charge in [-0.2, -0.15) is 4.39 Å². The first-order valence-corrected chi connectivity index (χ1v) is 5.45. The Labute approximate surface area is 101 Å². The minimum Gasteiger partial charge on any atom is -0.461 e. The summed E-state index contributed by atoms with van der Waals surface area (Å²) in [6, 6.07) is 6.85. The number of esters is 1. The van der Waals surface area contributed by atoms with E-state index in [1.807, 2.05) is 22.6 Å². The molecule has 15 heavy (non-hydrogen) atoms. The summed E-state index contributed by atoms with van der Waals surface area (Å²) in [5, 5.41) is 0. The molecule has 0 saturated heterocycles. The number of para-hydroxylation sites is 1. The van der Waals surface area contributed by atoms with Crippen LogP contribution in [0.4, 0.5) is 4.39 Å². The SMILES string of the molecule is CCOC(=O)C(F)Oc1ccccc1I. The molecular formula is C10H10FIO3. The molecular weight excluding hydrogens is 314 g/mol. The van der Waals surface area contributed by atoms with Gasteiger partial charge in [0.15, 0.2) is 0 Å². The van der Waals surface area contributed by atoms with Gasteiger partial charge in [0, 0.05) is 0 Å². The fraction of sp³-hybridized carbons (Fsp3) is 0.300. The molecule has 1 unspecified atom stereocenters. The highest BCUT2D eigenvalue weighted by atomic mass is 127. The van der Waals surface area contributed by atoms with Crippen LogP contribution in [-0.2, 0) is 9.53 Å². The van der Waals surface area contributed by atoms with Crippen LogP contribution in [0.25, 0.3) is 0 Å². The number of alkyl halides is 1. The summed E-state index contributed by atoms with van der Waals surface area (Å²) in [4.78, 5) is 10.9. The standard InChI is InChI=1S/C10H10FIO3/c1-2-14-10(13)9(11)15-8-6-4-3-5-7(8)12/h3-6,9H,2H2,1H3. The van der Waals surface area contributed by atoms with Gasteiger partial charge < -0.3 is 9.47 Å². The summed E-state index contributed by atoms with van der Waals surface area (Å²) in [5.74, 6) is -0.671. The van der Waals surface area contributed by atoms with E-state index in [1.54, 1.807) is 31.2 Å². The Morgan fingerprint density at radius 1 is 1.53 bits per heavy atom. The van der Waals surface area contributed by atoms with E-state index >= 15 is 0 Å². The van der Waals surface area contributed by atoms with E-state index in [0.717, 1.165) is 3.57 Å². The molecule has 0 fully saturated rings. The second-order valence-corrected chi connectivity index (χ2v) is 3.78. The Balaban J connectivity index is 2.62. The van der Waals surface area contributed by atoms with Crippen molar-refractivity contribution in [2.45, 2.75) is 13.3 Å². The van der Waals surface area contributed by atoms with Crippen LogP contribution in [0.3, 0.4) is 0 Å². The van der Waals surface area contributed by atoms with Crippen molar-refractivity contribution in [2.75, 3.05) is 6.61 Å². The van der Waals surface area contributed by atoms with Crippen molar-refractivity contribution in [3.05, 3.63) is 27.8 Å². The van der Waals surface area contributed by atoms with E-state index in [0.29, 0.717) is 5.75 Å². The second kappa shape index (κ2) is 5.89. The van der Waals surface area contributed by atoms with Gasteiger partial charge in [-0.1, -0.05) is 12.1 Å². The Bertz CT molecular complexity index is 343.